The minimum absolute atomic E-state index is 0.395. The fraction of sp³-hybridized carbons (Fsp3) is 0.190. The number of benzene rings is 1. The monoisotopic (exact) mass is 425 g/mol. The van der Waals surface area contributed by atoms with Gasteiger partial charge in [-0.25, -0.2) is 4.79 Å². The van der Waals surface area contributed by atoms with Crippen LogP contribution in [0.15, 0.2) is 63.5 Å². The molecule has 0 saturated heterocycles. The van der Waals surface area contributed by atoms with Crippen LogP contribution >= 0.6 is 23.1 Å². The second-order valence-corrected chi connectivity index (χ2v) is 8.26. The van der Waals surface area contributed by atoms with Crippen molar-refractivity contribution in [3.63, 3.8) is 0 Å². The van der Waals surface area contributed by atoms with Crippen LogP contribution in [-0.2, 0) is 16.9 Å². The van der Waals surface area contributed by atoms with Crippen molar-refractivity contribution in [3.8, 4) is 5.69 Å². The van der Waals surface area contributed by atoms with Gasteiger partial charge in [-0.1, -0.05) is 36.0 Å². The number of carbonyl (C=O) groups is 1. The highest BCUT2D eigenvalue weighted by atomic mass is 32.2. The number of hydrogen-bond acceptors (Lipinski definition) is 7. The molecule has 8 heteroatoms. The Kier molecular flexibility index (Phi) is 5.82. The van der Waals surface area contributed by atoms with Crippen LogP contribution in [0.1, 0.15) is 32.6 Å². The molecular weight excluding hydrogens is 406 g/mol. The number of ether oxygens (including phenoxy) is 1. The van der Waals surface area contributed by atoms with E-state index in [1.165, 1.54) is 23.7 Å². The predicted octanol–water partition coefficient (Wildman–Crippen LogP) is 4.90. The summed E-state index contributed by atoms with van der Waals surface area (Å²) in [6.07, 6.45) is 0.715. The SMILES string of the molecule is COC(=O)c1cc(CSc2nnc(Cc3cccs3)n2-c2ccccc2)oc1C. The molecule has 0 amide bonds. The van der Waals surface area contributed by atoms with Crippen molar-refractivity contribution < 1.29 is 13.9 Å². The van der Waals surface area contributed by atoms with E-state index in [1.54, 1.807) is 24.3 Å². The largest absolute Gasteiger partial charge is 0.465 e. The Bertz CT molecular complexity index is 1100. The summed E-state index contributed by atoms with van der Waals surface area (Å²) in [5.41, 5.74) is 1.46. The van der Waals surface area contributed by atoms with Crippen LogP contribution in [0.5, 0.6) is 0 Å². The van der Waals surface area contributed by atoms with Crippen LogP contribution in [-0.4, -0.2) is 27.8 Å². The molecule has 0 N–H and O–H groups in total. The summed E-state index contributed by atoms with van der Waals surface area (Å²) in [7, 11) is 1.36. The molecule has 1 aromatic carbocycles. The highest BCUT2D eigenvalue weighted by Crippen LogP contribution is 2.28. The van der Waals surface area contributed by atoms with Gasteiger partial charge in [0.05, 0.1) is 12.9 Å². The van der Waals surface area contributed by atoms with Crippen LogP contribution in [0.25, 0.3) is 5.69 Å². The van der Waals surface area contributed by atoms with E-state index in [1.807, 2.05) is 36.4 Å². The number of para-hydroxylation sites is 1. The Hall–Kier alpha value is -2.84. The van der Waals surface area contributed by atoms with Gasteiger partial charge in [-0.3, -0.25) is 4.57 Å². The third-order valence-corrected chi connectivity index (χ3v) is 6.17. The molecular formula is C21H19N3O3S2. The summed E-state index contributed by atoms with van der Waals surface area (Å²) >= 11 is 3.22. The van der Waals surface area contributed by atoms with Crippen molar-refractivity contribution in [3.05, 3.63) is 81.7 Å². The number of esters is 1. The normalized spacial score (nSPS) is 11.0. The second-order valence-electron chi connectivity index (χ2n) is 6.29. The first-order valence-corrected chi connectivity index (χ1v) is 10.8. The number of thioether (sulfide) groups is 1. The van der Waals surface area contributed by atoms with Gasteiger partial charge in [0.25, 0.3) is 0 Å². The number of furan rings is 1. The first-order chi connectivity index (χ1) is 14.2. The van der Waals surface area contributed by atoms with Crippen molar-refractivity contribution in [1.82, 2.24) is 14.8 Å². The molecule has 0 unspecified atom stereocenters. The maximum Gasteiger partial charge on any atom is 0.341 e. The van der Waals surface area contributed by atoms with Crippen molar-refractivity contribution >= 4 is 29.1 Å². The molecule has 0 radical (unpaired) electrons. The zero-order chi connectivity index (χ0) is 20.2. The molecule has 0 aliphatic heterocycles. The molecule has 4 rings (SSSR count). The highest BCUT2D eigenvalue weighted by molar-refractivity contribution is 7.98. The smallest absolute Gasteiger partial charge is 0.341 e. The lowest BCUT2D eigenvalue weighted by Crippen LogP contribution is -2.03. The number of nitrogens with zero attached hydrogens (tertiary/aromatic N) is 3. The summed E-state index contributed by atoms with van der Waals surface area (Å²) in [6.45, 7) is 1.76. The van der Waals surface area contributed by atoms with Crippen molar-refractivity contribution in [2.24, 2.45) is 0 Å². The number of methoxy groups -OCH3 is 1. The molecule has 3 heterocycles. The van der Waals surface area contributed by atoms with E-state index in [0.29, 0.717) is 29.3 Å². The van der Waals surface area contributed by atoms with Crippen molar-refractivity contribution in [2.45, 2.75) is 24.3 Å². The average Bonchev–Trinajstić information content (AvgIpc) is 3.47. The highest BCUT2D eigenvalue weighted by Gasteiger charge is 2.18. The fourth-order valence-corrected chi connectivity index (χ4v) is 4.53. The fourth-order valence-electron chi connectivity index (χ4n) is 2.98. The molecule has 0 bridgehead atoms. The molecule has 4 aromatic rings. The summed E-state index contributed by atoms with van der Waals surface area (Å²) in [4.78, 5) is 13.0. The molecule has 148 valence electrons. The van der Waals surface area contributed by atoms with Gasteiger partial charge < -0.3 is 9.15 Å². The van der Waals surface area contributed by atoms with Crippen molar-refractivity contribution in [2.75, 3.05) is 7.11 Å². The average molecular weight is 426 g/mol. The van der Waals surface area contributed by atoms with Gasteiger partial charge in [0.15, 0.2) is 5.16 Å². The standard InChI is InChI=1S/C21H19N3O3S2/c1-14-18(20(25)26-2)11-16(27-14)13-29-21-23-22-19(12-17-9-6-10-28-17)24(21)15-7-4-3-5-8-15/h3-11H,12-13H2,1-2H3. The van der Waals surface area contributed by atoms with E-state index in [0.717, 1.165) is 16.7 Å². The Morgan fingerprint density at radius 1 is 1.21 bits per heavy atom. The number of thiophene rings is 1. The van der Waals surface area contributed by atoms with Crippen LogP contribution in [0, 0.1) is 6.92 Å². The van der Waals surface area contributed by atoms with Crippen LogP contribution in [0.2, 0.25) is 0 Å². The second kappa shape index (κ2) is 8.67. The van der Waals surface area contributed by atoms with Crippen LogP contribution < -0.4 is 0 Å². The summed E-state index contributed by atoms with van der Waals surface area (Å²) in [5, 5.41) is 11.7. The Morgan fingerprint density at radius 3 is 2.76 bits per heavy atom. The van der Waals surface area contributed by atoms with Crippen LogP contribution in [0.3, 0.4) is 0 Å². The number of carbonyl (C=O) groups excluding carboxylic acids is 1. The molecule has 6 nitrogen and oxygen atoms in total. The Morgan fingerprint density at radius 2 is 2.03 bits per heavy atom. The van der Waals surface area contributed by atoms with Gasteiger partial charge in [0.2, 0.25) is 0 Å². The number of hydrogen-bond donors (Lipinski definition) is 0. The van der Waals surface area contributed by atoms with Gasteiger partial charge in [-0.05, 0) is 36.6 Å². The molecule has 0 saturated carbocycles. The van der Waals surface area contributed by atoms with Gasteiger partial charge in [0.1, 0.15) is 22.9 Å². The van der Waals surface area contributed by atoms with E-state index in [4.69, 9.17) is 9.15 Å². The predicted molar refractivity (Wildman–Crippen MR) is 113 cm³/mol. The van der Waals surface area contributed by atoms with Gasteiger partial charge in [-0.15, -0.1) is 21.5 Å². The molecule has 0 atom stereocenters. The van der Waals surface area contributed by atoms with E-state index in [2.05, 4.69) is 26.2 Å². The molecule has 0 aliphatic rings. The molecule has 29 heavy (non-hydrogen) atoms. The van der Waals surface area contributed by atoms with E-state index < -0.39 is 5.97 Å². The molecule has 0 spiro atoms. The Balaban J connectivity index is 1.60. The van der Waals surface area contributed by atoms with Gasteiger partial charge in [-0.2, -0.15) is 0 Å². The molecule has 0 aliphatic carbocycles. The van der Waals surface area contributed by atoms with E-state index >= 15 is 0 Å². The van der Waals surface area contributed by atoms with E-state index in [9.17, 15) is 4.79 Å². The third kappa shape index (κ3) is 4.28. The summed E-state index contributed by atoms with van der Waals surface area (Å²) in [6, 6.07) is 15.9. The topological polar surface area (TPSA) is 70.2 Å². The lowest BCUT2D eigenvalue weighted by Gasteiger charge is -2.09. The number of aromatic nitrogens is 3. The molecule has 0 fully saturated rings. The van der Waals surface area contributed by atoms with Crippen LogP contribution in [0.4, 0.5) is 0 Å². The number of aryl methyl sites for hydroxylation is 1. The lowest BCUT2D eigenvalue weighted by molar-refractivity contribution is 0.0599. The molecule has 3 aromatic heterocycles. The minimum Gasteiger partial charge on any atom is -0.465 e. The number of rotatable bonds is 7. The first kappa shape index (κ1) is 19.5. The van der Waals surface area contributed by atoms with E-state index in [-0.39, 0.29) is 0 Å². The summed E-state index contributed by atoms with van der Waals surface area (Å²) in [5.74, 6) is 2.26. The summed E-state index contributed by atoms with van der Waals surface area (Å²) < 4.78 is 12.6. The first-order valence-electron chi connectivity index (χ1n) is 8.98. The third-order valence-electron chi connectivity index (χ3n) is 4.34. The lowest BCUT2D eigenvalue weighted by atomic mass is 10.2. The van der Waals surface area contributed by atoms with Crippen molar-refractivity contribution in [1.29, 1.82) is 0 Å². The maximum absolute atomic E-state index is 11.8. The van der Waals surface area contributed by atoms with Gasteiger partial charge in [0, 0.05) is 17.0 Å². The maximum atomic E-state index is 11.8. The quantitative estimate of drug-likeness (QED) is 0.310. The van der Waals surface area contributed by atoms with Gasteiger partial charge >= 0.3 is 5.97 Å². The zero-order valence-electron chi connectivity index (χ0n) is 16.0. The minimum atomic E-state index is -0.395. The zero-order valence-corrected chi connectivity index (χ0v) is 17.6. The Labute approximate surface area is 176 Å².